The summed E-state index contributed by atoms with van der Waals surface area (Å²) < 4.78 is 0. The molecule has 0 aliphatic carbocycles. The van der Waals surface area contributed by atoms with Crippen LogP contribution in [0.25, 0.3) is 10.9 Å². The lowest BCUT2D eigenvalue weighted by atomic mass is 9.85. The molecular weight excluding hydrogens is 302 g/mol. The average Bonchev–Trinajstić information content (AvgIpc) is 2.88. The number of amides is 2. The standard InChI is InChI=1S/C19H21N3O2/c1-21-13-19(12-17(21)23)8-2-3-10-22(19)18(24)15-6-7-16-14(11-15)5-4-9-20-16/h4-7,9,11H,2-3,8,10,12-13H2,1H3. The number of hydrogen-bond donors (Lipinski definition) is 0. The number of nitrogens with zero attached hydrogens (tertiary/aromatic N) is 3. The Morgan fingerprint density at radius 2 is 2.12 bits per heavy atom. The molecule has 0 N–H and O–H groups in total. The summed E-state index contributed by atoms with van der Waals surface area (Å²) in [5, 5.41) is 0.967. The van der Waals surface area contributed by atoms with E-state index in [1.54, 1.807) is 11.1 Å². The van der Waals surface area contributed by atoms with Gasteiger partial charge in [-0.05, 0) is 43.5 Å². The quantitative estimate of drug-likeness (QED) is 0.810. The fraction of sp³-hybridized carbons (Fsp3) is 0.421. The van der Waals surface area contributed by atoms with Gasteiger partial charge in [0.2, 0.25) is 5.91 Å². The number of benzene rings is 1. The van der Waals surface area contributed by atoms with Crippen LogP contribution in [0.1, 0.15) is 36.0 Å². The van der Waals surface area contributed by atoms with Gasteiger partial charge in [-0.2, -0.15) is 0 Å². The van der Waals surface area contributed by atoms with E-state index in [-0.39, 0.29) is 17.4 Å². The van der Waals surface area contributed by atoms with Crippen LogP contribution in [-0.4, -0.2) is 52.3 Å². The Morgan fingerprint density at radius 3 is 2.92 bits per heavy atom. The van der Waals surface area contributed by atoms with Gasteiger partial charge in [-0.15, -0.1) is 0 Å². The summed E-state index contributed by atoms with van der Waals surface area (Å²) in [5.74, 6) is 0.168. The Labute approximate surface area is 141 Å². The minimum atomic E-state index is -0.328. The zero-order valence-electron chi connectivity index (χ0n) is 13.9. The summed E-state index contributed by atoms with van der Waals surface area (Å²) in [6, 6.07) is 9.50. The van der Waals surface area contributed by atoms with Crippen molar-refractivity contribution in [2.75, 3.05) is 20.1 Å². The highest BCUT2D eigenvalue weighted by Gasteiger charge is 2.49. The van der Waals surface area contributed by atoms with Crippen LogP contribution in [-0.2, 0) is 4.79 Å². The van der Waals surface area contributed by atoms with Gasteiger partial charge in [0.15, 0.2) is 0 Å². The number of rotatable bonds is 1. The molecule has 4 rings (SSSR count). The molecule has 2 amide bonds. The molecule has 124 valence electrons. The van der Waals surface area contributed by atoms with E-state index in [0.717, 1.165) is 36.7 Å². The highest BCUT2D eigenvalue weighted by atomic mass is 16.2. The van der Waals surface area contributed by atoms with Crippen LogP contribution in [0, 0.1) is 0 Å². The molecule has 2 aliphatic rings. The first-order chi connectivity index (χ1) is 11.6. The molecular formula is C19H21N3O2. The average molecular weight is 323 g/mol. The third kappa shape index (κ3) is 2.35. The Balaban J connectivity index is 1.69. The Morgan fingerprint density at radius 1 is 1.25 bits per heavy atom. The van der Waals surface area contributed by atoms with Crippen LogP contribution < -0.4 is 0 Å². The number of carbonyl (C=O) groups is 2. The van der Waals surface area contributed by atoms with Crippen molar-refractivity contribution in [3.8, 4) is 0 Å². The van der Waals surface area contributed by atoms with Crippen LogP contribution in [0.4, 0.5) is 0 Å². The van der Waals surface area contributed by atoms with Gasteiger partial charge in [-0.1, -0.05) is 6.07 Å². The number of carbonyl (C=O) groups excluding carboxylic acids is 2. The molecule has 5 nitrogen and oxygen atoms in total. The van der Waals surface area contributed by atoms with Crippen LogP contribution >= 0.6 is 0 Å². The zero-order chi connectivity index (χ0) is 16.7. The molecule has 2 aromatic rings. The van der Waals surface area contributed by atoms with Crippen molar-refractivity contribution in [1.29, 1.82) is 0 Å². The van der Waals surface area contributed by atoms with E-state index >= 15 is 0 Å². The lowest BCUT2D eigenvalue weighted by Gasteiger charge is -2.44. The summed E-state index contributed by atoms with van der Waals surface area (Å²) in [6.07, 6.45) is 5.19. The maximum Gasteiger partial charge on any atom is 0.254 e. The fourth-order valence-corrected chi connectivity index (χ4v) is 4.13. The number of piperidine rings is 1. The predicted octanol–water partition coefficient (Wildman–Crippen LogP) is 2.46. The van der Waals surface area contributed by atoms with Crippen molar-refractivity contribution >= 4 is 22.7 Å². The van der Waals surface area contributed by atoms with Crippen LogP contribution in [0.2, 0.25) is 0 Å². The molecule has 0 bridgehead atoms. The fourth-order valence-electron chi connectivity index (χ4n) is 4.13. The number of fused-ring (bicyclic) bond motifs is 1. The van der Waals surface area contributed by atoms with E-state index in [9.17, 15) is 9.59 Å². The van der Waals surface area contributed by atoms with Crippen molar-refractivity contribution in [2.45, 2.75) is 31.2 Å². The Kier molecular flexibility index (Phi) is 3.52. The van der Waals surface area contributed by atoms with Gasteiger partial charge < -0.3 is 9.80 Å². The molecule has 1 unspecified atom stereocenters. The number of pyridine rings is 1. The number of hydrogen-bond acceptors (Lipinski definition) is 3. The van der Waals surface area contributed by atoms with Crippen molar-refractivity contribution in [2.24, 2.45) is 0 Å². The molecule has 2 aliphatic heterocycles. The van der Waals surface area contributed by atoms with Gasteiger partial charge in [0.25, 0.3) is 5.91 Å². The second-order valence-electron chi connectivity index (χ2n) is 6.98. The van der Waals surface area contributed by atoms with Crippen molar-refractivity contribution in [3.05, 3.63) is 42.1 Å². The van der Waals surface area contributed by atoms with Crippen molar-refractivity contribution in [3.63, 3.8) is 0 Å². The topological polar surface area (TPSA) is 53.5 Å². The third-order valence-electron chi connectivity index (χ3n) is 5.38. The molecule has 1 atom stereocenters. The molecule has 1 aromatic carbocycles. The van der Waals surface area contributed by atoms with Gasteiger partial charge in [0.05, 0.1) is 17.5 Å². The molecule has 2 saturated heterocycles. The summed E-state index contributed by atoms with van der Waals surface area (Å²) in [5.41, 5.74) is 1.24. The first-order valence-electron chi connectivity index (χ1n) is 8.50. The molecule has 0 radical (unpaired) electrons. The molecule has 0 saturated carbocycles. The van der Waals surface area contributed by atoms with Gasteiger partial charge >= 0.3 is 0 Å². The van der Waals surface area contributed by atoms with Crippen molar-refractivity contribution < 1.29 is 9.59 Å². The SMILES string of the molecule is CN1CC2(CCCCN2C(=O)c2ccc3ncccc3c2)CC1=O. The molecule has 1 spiro atoms. The minimum absolute atomic E-state index is 0.0311. The third-order valence-corrected chi connectivity index (χ3v) is 5.38. The van der Waals surface area contributed by atoms with E-state index in [4.69, 9.17) is 0 Å². The van der Waals surface area contributed by atoms with E-state index in [1.807, 2.05) is 42.3 Å². The number of likely N-dealkylation sites (tertiary alicyclic amines) is 2. The van der Waals surface area contributed by atoms with Gasteiger partial charge in [0, 0.05) is 37.3 Å². The highest BCUT2D eigenvalue weighted by molar-refractivity contribution is 5.99. The van der Waals surface area contributed by atoms with E-state index in [2.05, 4.69) is 4.98 Å². The van der Waals surface area contributed by atoms with E-state index in [1.165, 1.54) is 0 Å². The molecule has 5 heteroatoms. The van der Waals surface area contributed by atoms with Crippen molar-refractivity contribution in [1.82, 2.24) is 14.8 Å². The lowest BCUT2D eigenvalue weighted by molar-refractivity contribution is -0.126. The predicted molar refractivity (Wildman–Crippen MR) is 91.6 cm³/mol. The summed E-state index contributed by atoms with van der Waals surface area (Å²) in [6.45, 7) is 1.37. The Hall–Kier alpha value is -2.43. The smallest absolute Gasteiger partial charge is 0.254 e. The first kappa shape index (κ1) is 15.1. The van der Waals surface area contributed by atoms with Gasteiger partial charge in [-0.25, -0.2) is 0 Å². The van der Waals surface area contributed by atoms with Crippen LogP contribution in [0.3, 0.4) is 0 Å². The second kappa shape index (κ2) is 5.58. The van der Waals surface area contributed by atoms with Crippen LogP contribution in [0.5, 0.6) is 0 Å². The first-order valence-corrected chi connectivity index (χ1v) is 8.50. The lowest BCUT2D eigenvalue weighted by Crippen LogP contribution is -2.55. The van der Waals surface area contributed by atoms with Gasteiger partial charge in [-0.3, -0.25) is 14.6 Å². The minimum Gasteiger partial charge on any atom is -0.343 e. The number of aromatic nitrogens is 1. The number of likely N-dealkylation sites (N-methyl/N-ethyl adjacent to an activating group) is 1. The van der Waals surface area contributed by atoms with E-state index in [0.29, 0.717) is 18.5 Å². The Bertz CT molecular complexity index is 819. The molecule has 3 heterocycles. The summed E-state index contributed by atoms with van der Waals surface area (Å²) in [4.78, 5) is 33.3. The molecule has 2 fully saturated rings. The molecule has 24 heavy (non-hydrogen) atoms. The van der Waals surface area contributed by atoms with Crippen LogP contribution in [0.15, 0.2) is 36.5 Å². The second-order valence-corrected chi connectivity index (χ2v) is 6.98. The van der Waals surface area contributed by atoms with E-state index < -0.39 is 0 Å². The maximum atomic E-state index is 13.2. The molecule has 1 aromatic heterocycles. The van der Waals surface area contributed by atoms with Gasteiger partial charge in [0.1, 0.15) is 0 Å². The summed E-state index contributed by atoms with van der Waals surface area (Å²) in [7, 11) is 1.83. The monoisotopic (exact) mass is 323 g/mol. The zero-order valence-corrected chi connectivity index (χ0v) is 13.9. The summed E-state index contributed by atoms with van der Waals surface area (Å²) >= 11 is 0. The maximum absolute atomic E-state index is 13.2. The largest absolute Gasteiger partial charge is 0.343 e. The normalized spacial score (nSPS) is 24.1. The highest BCUT2D eigenvalue weighted by Crippen LogP contribution is 2.37.